The van der Waals surface area contributed by atoms with Crippen LogP contribution in [0.5, 0.6) is 0 Å². The first-order chi connectivity index (χ1) is 8.37. The highest BCUT2D eigenvalue weighted by atomic mass is 35.5. The predicted octanol–water partition coefficient (Wildman–Crippen LogP) is 4.00. The van der Waals surface area contributed by atoms with Crippen LogP contribution >= 0.6 is 35.6 Å². The summed E-state index contributed by atoms with van der Waals surface area (Å²) in [5, 5.41) is 0.440. The van der Waals surface area contributed by atoms with Gasteiger partial charge in [-0.25, -0.2) is 4.98 Å². The van der Waals surface area contributed by atoms with Crippen molar-refractivity contribution in [1.29, 1.82) is 0 Å². The van der Waals surface area contributed by atoms with Crippen LogP contribution in [-0.2, 0) is 6.54 Å². The van der Waals surface area contributed by atoms with Crippen LogP contribution < -0.4 is 0 Å². The number of hydrogen-bond donors (Lipinski definition) is 1. The monoisotopic (exact) mass is 313 g/mol. The van der Waals surface area contributed by atoms with Crippen molar-refractivity contribution in [3.05, 3.63) is 22.1 Å². The van der Waals surface area contributed by atoms with Crippen molar-refractivity contribution < 1.29 is 13.2 Å². The van der Waals surface area contributed by atoms with E-state index in [9.17, 15) is 13.2 Å². The molecule has 0 amide bonds. The maximum Gasteiger partial charge on any atom is 0.441 e. The largest absolute Gasteiger partial charge is 0.441 e. The van der Waals surface area contributed by atoms with Gasteiger partial charge in [-0.1, -0.05) is 11.6 Å². The molecule has 0 bridgehead atoms. The van der Waals surface area contributed by atoms with Gasteiger partial charge in [-0.3, -0.25) is 0 Å². The summed E-state index contributed by atoms with van der Waals surface area (Å²) < 4.78 is 38.0. The number of aromatic amines is 1. The highest BCUT2D eigenvalue weighted by molar-refractivity contribution is 8.00. The minimum absolute atomic E-state index is 0.0826. The Hall–Kier alpha value is -0.730. The quantitative estimate of drug-likeness (QED) is 0.870. The molecular weight excluding hydrogens is 307 g/mol. The molecule has 2 rings (SSSR count). The average molecular weight is 314 g/mol. The number of H-pyrrole nitrogens is 1. The van der Waals surface area contributed by atoms with Gasteiger partial charge in [-0.05, 0) is 30.0 Å². The van der Waals surface area contributed by atoms with Gasteiger partial charge in [0, 0.05) is 18.5 Å². The number of fused-ring (bicyclic) bond motifs is 1. The lowest BCUT2D eigenvalue weighted by Crippen LogP contribution is -2.07. The third-order valence-electron chi connectivity index (χ3n) is 2.16. The summed E-state index contributed by atoms with van der Waals surface area (Å²) in [6.45, 7) is 0.137. The zero-order chi connectivity index (χ0) is 13.3. The van der Waals surface area contributed by atoms with Crippen molar-refractivity contribution in [2.75, 3.05) is 5.75 Å². The van der Waals surface area contributed by atoms with Gasteiger partial charge < -0.3 is 9.55 Å². The summed E-state index contributed by atoms with van der Waals surface area (Å²) in [4.78, 5) is 6.92. The number of imidazole rings is 1. The minimum Gasteiger partial charge on any atom is -0.329 e. The Morgan fingerprint density at radius 3 is 2.89 bits per heavy atom. The van der Waals surface area contributed by atoms with E-state index in [4.69, 9.17) is 23.8 Å². The average Bonchev–Trinajstić information content (AvgIpc) is 2.52. The van der Waals surface area contributed by atoms with Gasteiger partial charge in [-0.2, -0.15) is 13.2 Å². The summed E-state index contributed by atoms with van der Waals surface area (Å²) in [5.41, 5.74) is -3.11. The number of nitrogens with zero attached hydrogens (tertiary/aromatic N) is 2. The number of alkyl halides is 3. The SMILES string of the molecule is FC(F)(F)SCCn1c(=S)[nH]c2cc(Cl)cnc21. The van der Waals surface area contributed by atoms with Crippen molar-refractivity contribution >= 4 is 46.7 Å². The van der Waals surface area contributed by atoms with Crippen LogP contribution in [0.2, 0.25) is 5.02 Å². The Kier molecular flexibility index (Phi) is 3.88. The lowest BCUT2D eigenvalue weighted by molar-refractivity contribution is -0.0328. The second kappa shape index (κ2) is 5.10. The molecule has 0 aliphatic heterocycles. The van der Waals surface area contributed by atoms with Crippen LogP contribution in [0.4, 0.5) is 13.2 Å². The lowest BCUT2D eigenvalue weighted by Gasteiger charge is -2.06. The molecule has 0 unspecified atom stereocenters. The number of pyridine rings is 1. The topological polar surface area (TPSA) is 33.6 Å². The predicted molar refractivity (Wildman–Crippen MR) is 68.4 cm³/mol. The molecule has 0 spiro atoms. The van der Waals surface area contributed by atoms with Gasteiger partial charge in [0.1, 0.15) is 0 Å². The first-order valence-electron chi connectivity index (χ1n) is 4.81. The Bertz CT molecular complexity index is 620. The zero-order valence-electron chi connectivity index (χ0n) is 8.79. The standard InChI is InChI=1S/C9H7ClF3N3S2/c10-5-3-6-7(14-4-5)16(8(17)15-6)1-2-18-9(11,12)13/h3-4H,1-2H2,(H,15,17). The minimum atomic E-state index is -4.23. The molecule has 2 heterocycles. The summed E-state index contributed by atoms with van der Waals surface area (Å²) in [6, 6.07) is 1.63. The maximum atomic E-state index is 12.0. The third-order valence-corrected chi connectivity index (χ3v) is 3.40. The number of thioether (sulfide) groups is 1. The van der Waals surface area contributed by atoms with E-state index in [1.54, 1.807) is 6.07 Å². The second-order valence-electron chi connectivity index (χ2n) is 3.40. The Morgan fingerprint density at radius 2 is 2.22 bits per heavy atom. The molecule has 0 aliphatic rings. The van der Waals surface area contributed by atoms with Crippen molar-refractivity contribution in [3.8, 4) is 0 Å². The van der Waals surface area contributed by atoms with Crippen LogP contribution in [0.25, 0.3) is 11.2 Å². The van der Waals surface area contributed by atoms with Gasteiger partial charge in [0.2, 0.25) is 0 Å². The van der Waals surface area contributed by atoms with Gasteiger partial charge >= 0.3 is 5.51 Å². The summed E-state index contributed by atoms with van der Waals surface area (Å²) in [7, 11) is 0. The molecule has 0 radical (unpaired) electrons. The number of aryl methyl sites for hydroxylation is 1. The molecule has 0 aromatic carbocycles. The van der Waals surface area contributed by atoms with Gasteiger partial charge in [0.25, 0.3) is 0 Å². The Balaban J connectivity index is 2.23. The molecule has 2 aromatic rings. The van der Waals surface area contributed by atoms with E-state index < -0.39 is 5.51 Å². The van der Waals surface area contributed by atoms with Crippen molar-refractivity contribution in [2.45, 2.75) is 12.1 Å². The van der Waals surface area contributed by atoms with Crippen LogP contribution in [0.1, 0.15) is 0 Å². The van der Waals surface area contributed by atoms with Crippen molar-refractivity contribution in [2.24, 2.45) is 0 Å². The maximum absolute atomic E-state index is 12.0. The molecule has 0 saturated carbocycles. The van der Waals surface area contributed by atoms with E-state index in [-0.39, 0.29) is 24.1 Å². The number of hydrogen-bond acceptors (Lipinski definition) is 3. The first-order valence-corrected chi connectivity index (χ1v) is 6.59. The van der Waals surface area contributed by atoms with Crippen LogP contribution in [0.3, 0.4) is 0 Å². The first kappa shape index (κ1) is 13.7. The number of rotatable bonds is 3. The van der Waals surface area contributed by atoms with Crippen LogP contribution in [0, 0.1) is 4.77 Å². The molecule has 98 valence electrons. The fourth-order valence-corrected chi connectivity index (χ4v) is 2.43. The molecule has 0 aliphatic carbocycles. The highest BCUT2D eigenvalue weighted by Crippen LogP contribution is 2.30. The Morgan fingerprint density at radius 1 is 1.50 bits per heavy atom. The fourth-order valence-electron chi connectivity index (χ4n) is 1.48. The smallest absolute Gasteiger partial charge is 0.329 e. The second-order valence-corrected chi connectivity index (χ2v) is 5.38. The molecule has 0 fully saturated rings. The molecule has 9 heteroatoms. The van der Waals surface area contributed by atoms with E-state index >= 15 is 0 Å². The number of nitrogens with one attached hydrogen (secondary N) is 1. The molecule has 0 saturated heterocycles. The molecule has 1 N–H and O–H groups in total. The number of halogens is 4. The van der Waals surface area contributed by atoms with Crippen molar-refractivity contribution in [3.63, 3.8) is 0 Å². The van der Waals surface area contributed by atoms with Gasteiger partial charge in [-0.15, -0.1) is 0 Å². The lowest BCUT2D eigenvalue weighted by atomic mass is 10.4. The zero-order valence-corrected chi connectivity index (χ0v) is 11.2. The molecule has 2 aromatic heterocycles. The number of aromatic nitrogens is 3. The van der Waals surface area contributed by atoms with Crippen LogP contribution in [0.15, 0.2) is 12.3 Å². The van der Waals surface area contributed by atoms with E-state index in [2.05, 4.69) is 9.97 Å². The summed E-state index contributed by atoms with van der Waals surface area (Å²) >= 11 is 10.7. The molecule has 3 nitrogen and oxygen atoms in total. The van der Waals surface area contributed by atoms with E-state index in [0.717, 1.165) is 0 Å². The van der Waals surface area contributed by atoms with E-state index in [1.807, 2.05) is 0 Å². The van der Waals surface area contributed by atoms with Crippen molar-refractivity contribution in [1.82, 2.24) is 14.5 Å². The normalized spacial score (nSPS) is 12.2. The Labute approximate surface area is 114 Å². The van der Waals surface area contributed by atoms with Crippen LogP contribution in [-0.4, -0.2) is 25.8 Å². The third kappa shape index (κ3) is 3.18. The molecular formula is C9H7ClF3N3S2. The van der Waals surface area contributed by atoms with Gasteiger partial charge in [0.05, 0.1) is 10.5 Å². The molecule has 0 atom stereocenters. The summed E-state index contributed by atoms with van der Waals surface area (Å²) in [6.07, 6.45) is 1.43. The summed E-state index contributed by atoms with van der Waals surface area (Å²) in [5.74, 6) is -0.116. The van der Waals surface area contributed by atoms with E-state index in [1.165, 1.54) is 10.8 Å². The molecule has 18 heavy (non-hydrogen) atoms. The van der Waals surface area contributed by atoms with E-state index in [0.29, 0.717) is 21.0 Å². The van der Waals surface area contributed by atoms with Gasteiger partial charge in [0.15, 0.2) is 10.4 Å². The highest BCUT2D eigenvalue weighted by Gasteiger charge is 2.27. The fraction of sp³-hybridized carbons (Fsp3) is 0.333.